The van der Waals surface area contributed by atoms with Crippen molar-refractivity contribution < 1.29 is 45.5 Å². The molecule has 2 atom stereocenters. The summed E-state index contributed by atoms with van der Waals surface area (Å²) in [7, 11) is 0. The molecule has 0 bridgehead atoms. The second-order valence-corrected chi connectivity index (χ2v) is 13.4. The SMILES string of the molecule is CCc1ccc(CCOc2ccc(CC3SC(=O)NC3=O)cc2)nc1.Cl.N[C@@H](CC(=O)N1CCn2c(nnc2C(F)(F)F)C1)Cc1cc(F)c(F)cc1F. The van der Waals surface area contributed by atoms with Gasteiger partial charge in [-0.1, -0.05) is 36.9 Å². The number of nitrogens with zero attached hydrogens (tertiary/aromatic N) is 5. The van der Waals surface area contributed by atoms with Crippen LogP contribution in [0, 0.1) is 17.5 Å². The number of carbonyl (C=O) groups excluding carboxylic acids is 3. The predicted octanol–water partition coefficient (Wildman–Crippen LogP) is 5.60. The number of amides is 3. The molecule has 4 heterocycles. The quantitative estimate of drug-likeness (QED) is 0.146. The highest BCUT2D eigenvalue weighted by molar-refractivity contribution is 8.15. The van der Waals surface area contributed by atoms with Gasteiger partial charge in [0.15, 0.2) is 17.5 Å². The molecule has 2 aliphatic rings. The summed E-state index contributed by atoms with van der Waals surface area (Å²) in [6.45, 7) is 2.37. The van der Waals surface area contributed by atoms with E-state index in [1.165, 1.54) is 10.5 Å². The first-order valence-corrected chi connectivity index (χ1v) is 17.4. The van der Waals surface area contributed by atoms with Gasteiger partial charge >= 0.3 is 6.18 Å². The number of rotatable bonds is 11. The number of alkyl halides is 3. The number of nitrogens with one attached hydrogen (secondary N) is 1. The van der Waals surface area contributed by atoms with Crippen LogP contribution < -0.4 is 15.8 Å². The standard InChI is InChI=1S/C19H20N2O3S.C16H15F6N5O.ClH/c1-2-13-3-6-15(20-12-13)9-10-24-16-7-4-14(5-8-16)11-17-18(22)21-19(23)25-17;17-10-6-12(19)11(18)4-8(10)3-9(23)5-14(28)26-1-2-27-13(7-26)24-25-15(27)16(20,21)22;/h3-8,12,17H,2,9-11H2,1H3,(H,21,22,23);4,6,9H,1-3,5,7,23H2;1H/t;9-;/m.1./s1. The molecule has 0 radical (unpaired) electrons. The summed E-state index contributed by atoms with van der Waals surface area (Å²) in [5.74, 6) is -4.57. The van der Waals surface area contributed by atoms with Crippen molar-refractivity contribution in [3.05, 3.63) is 106 Å². The third-order valence-corrected chi connectivity index (χ3v) is 9.38. The van der Waals surface area contributed by atoms with Gasteiger partial charge in [-0.15, -0.1) is 22.6 Å². The molecule has 0 saturated carbocycles. The maximum atomic E-state index is 13.7. The fourth-order valence-electron chi connectivity index (χ4n) is 5.56. The molecule has 19 heteroatoms. The van der Waals surface area contributed by atoms with Crippen LogP contribution in [0.3, 0.4) is 0 Å². The van der Waals surface area contributed by atoms with Crippen LogP contribution in [0.2, 0.25) is 0 Å². The smallest absolute Gasteiger partial charge is 0.451 e. The summed E-state index contributed by atoms with van der Waals surface area (Å²) in [5.41, 5.74) is 8.90. The van der Waals surface area contributed by atoms with Crippen molar-refractivity contribution in [2.24, 2.45) is 5.73 Å². The molecular formula is C35H36ClF6N7O4S. The number of aromatic nitrogens is 4. The maximum absolute atomic E-state index is 13.7. The van der Waals surface area contributed by atoms with E-state index in [4.69, 9.17) is 10.5 Å². The number of imide groups is 1. The van der Waals surface area contributed by atoms with Gasteiger partial charge in [0.2, 0.25) is 17.6 Å². The van der Waals surface area contributed by atoms with Crippen LogP contribution in [0.1, 0.15) is 47.4 Å². The summed E-state index contributed by atoms with van der Waals surface area (Å²) < 4.78 is 85.0. The summed E-state index contributed by atoms with van der Waals surface area (Å²) >= 11 is 1.05. The van der Waals surface area contributed by atoms with Gasteiger partial charge in [-0.2, -0.15) is 13.2 Å². The van der Waals surface area contributed by atoms with Crippen molar-refractivity contribution in [2.75, 3.05) is 13.2 Å². The maximum Gasteiger partial charge on any atom is 0.451 e. The molecule has 0 aliphatic carbocycles. The molecule has 1 unspecified atom stereocenters. The number of fused-ring (bicyclic) bond motifs is 1. The molecule has 4 aromatic rings. The molecule has 1 saturated heterocycles. The lowest BCUT2D eigenvalue weighted by Crippen LogP contribution is -2.42. The van der Waals surface area contributed by atoms with Gasteiger partial charge in [0.1, 0.15) is 11.6 Å². The lowest BCUT2D eigenvalue weighted by molar-refractivity contribution is -0.148. The summed E-state index contributed by atoms with van der Waals surface area (Å²) in [5, 5.41) is 8.29. The fourth-order valence-corrected chi connectivity index (χ4v) is 6.42. The highest BCUT2D eigenvalue weighted by Crippen LogP contribution is 2.30. The van der Waals surface area contributed by atoms with Crippen LogP contribution in [-0.2, 0) is 54.5 Å². The van der Waals surface area contributed by atoms with Crippen LogP contribution in [0.5, 0.6) is 5.75 Å². The van der Waals surface area contributed by atoms with Gasteiger partial charge in [0.25, 0.3) is 5.24 Å². The monoisotopic (exact) mass is 799 g/mol. The Balaban J connectivity index is 0.000000238. The van der Waals surface area contributed by atoms with E-state index in [1.807, 2.05) is 36.5 Å². The summed E-state index contributed by atoms with van der Waals surface area (Å²) in [4.78, 5) is 40.8. The minimum absolute atomic E-state index is 0. The number of halogens is 7. The van der Waals surface area contributed by atoms with E-state index in [2.05, 4.69) is 33.5 Å². The average molecular weight is 800 g/mol. The first-order valence-electron chi connectivity index (χ1n) is 16.5. The van der Waals surface area contributed by atoms with Gasteiger partial charge in [-0.3, -0.25) is 24.7 Å². The second kappa shape index (κ2) is 18.6. The van der Waals surface area contributed by atoms with Gasteiger partial charge in [0, 0.05) is 49.9 Å². The number of benzene rings is 2. The van der Waals surface area contributed by atoms with Crippen molar-refractivity contribution in [3.63, 3.8) is 0 Å². The Bertz CT molecular complexity index is 1930. The van der Waals surface area contributed by atoms with Crippen molar-refractivity contribution in [2.45, 2.75) is 69.6 Å². The van der Waals surface area contributed by atoms with Gasteiger partial charge in [0.05, 0.1) is 18.4 Å². The third kappa shape index (κ3) is 11.2. The third-order valence-electron chi connectivity index (χ3n) is 8.40. The van der Waals surface area contributed by atoms with E-state index in [1.54, 1.807) is 0 Å². The number of hydrogen-bond donors (Lipinski definition) is 2. The molecule has 3 amide bonds. The van der Waals surface area contributed by atoms with Crippen molar-refractivity contribution in [3.8, 4) is 5.75 Å². The Morgan fingerprint density at radius 3 is 2.35 bits per heavy atom. The molecule has 11 nitrogen and oxygen atoms in total. The molecule has 3 N–H and O–H groups in total. The highest BCUT2D eigenvalue weighted by atomic mass is 35.5. The Labute approximate surface area is 316 Å². The molecule has 0 spiro atoms. The molecule has 54 heavy (non-hydrogen) atoms. The fraction of sp³-hybridized carbons (Fsp3) is 0.371. The largest absolute Gasteiger partial charge is 0.493 e. The van der Waals surface area contributed by atoms with E-state index in [0.29, 0.717) is 25.2 Å². The molecule has 2 aromatic heterocycles. The number of pyridine rings is 1. The van der Waals surface area contributed by atoms with Crippen molar-refractivity contribution >= 4 is 41.2 Å². The van der Waals surface area contributed by atoms with Crippen molar-refractivity contribution in [1.82, 2.24) is 30.0 Å². The Kier molecular flexibility index (Phi) is 14.5. The zero-order chi connectivity index (χ0) is 38.3. The first-order chi connectivity index (χ1) is 25.2. The number of hydrogen-bond acceptors (Lipinski definition) is 9. The minimum atomic E-state index is -4.64. The number of ether oxygens (including phenoxy) is 1. The first kappa shape index (κ1) is 42.1. The zero-order valence-corrected chi connectivity index (χ0v) is 30.4. The molecule has 2 aromatic carbocycles. The van der Waals surface area contributed by atoms with E-state index in [9.17, 15) is 40.7 Å². The van der Waals surface area contributed by atoms with Crippen LogP contribution in [0.15, 0.2) is 54.7 Å². The van der Waals surface area contributed by atoms with E-state index < -0.39 is 41.4 Å². The van der Waals surface area contributed by atoms with Crippen LogP contribution in [-0.4, -0.2) is 66.1 Å². The molecule has 2 aliphatic heterocycles. The van der Waals surface area contributed by atoms with Gasteiger partial charge in [-0.05, 0) is 60.2 Å². The number of carbonyl (C=O) groups is 3. The van der Waals surface area contributed by atoms with Gasteiger partial charge in [-0.25, -0.2) is 13.2 Å². The molecule has 290 valence electrons. The van der Waals surface area contributed by atoms with Gasteiger partial charge < -0.3 is 19.9 Å². The Hall–Kier alpha value is -4.68. The van der Waals surface area contributed by atoms with Crippen LogP contribution in [0.4, 0.5) is 31.1 Å². The molecule has 1 fully saturated rings. The van der Waals surface area contributed by atoms with E-state index in [-0.39, 0.29) is 72.7 Å². The van der Waals surface area contributed by atoms with Crippen LogP contribution in [0.25, 0.3) is 0 Å². The lowest BCUT2D eigenvalue weighted by Gasteiger charge is -2.29. The van der Waals surface area contributed by atoms with Crippen molar-refractivity contribution in [1.29, 1.82) is 0 Å². The second-order valence-electron chi connectivity index (χ2n) is 12.3. The lowest BCUT2D eigenvalue weighted by atomic mass is 10.0. The van der Waals surface area contributed by atoms with E-state index >= 15 is 0 Å². The topological polar surface area (TPSA) is 145 Å². The Morgan fingerprint density at radius 2 is 1.72 bits per heavy atom. The number of nitrogens with two attached hydrogens (primary N) is 1. The number of thioether (sulfide) groups is 1. The zero-order valence-electron chi connectivity index (χ0n) is 28.7. The highest BCUT2D eigenvalue weighted by Gasteiger charge is 2.40. The number of aryl methyl sites for hydroxylation is 1. The minimum Gasteiger partial charge on any atom is -0.493 e. The van der Waals surface area contributed by atoms with Crippen LogP contribution >= 0.6 is 24.2 Å². The molecule has 6 rings (SSSR count). The normalized spacial score (nSPS) is 15.8. The van der Waals surface area contributed by atoms with E-state index in [0.717, 1.165) is 46.2 Å². The molecular weight excluding hydrogens is 764 g/mol. The average Bonchev–Trinajstić information content (AvgIpc) is 3.70. The summed E-state index contributed by atoms with van der Waals surface area (Å²) in [6.07, 6.45) is -0.912. The Morgan fingerprint density at radius 1 is 1.02 bits per heavy atom. The summed E-state index contributed by atoms with van der Waals surface area (Å²) in [6, 6.07) is 12.0. The predicted molar refractivity (Wildman–Crippen MR) is 188 cm³/mol.